The molecule has 3 atom stereocenters. The van der Waals surface area contributed by atoms with E-state index in [4.69, 9.17) is 0 Å². The molecule has 0 saturated carbocycles. The van der Waals surface area contributed by atoms with E-state index in [9.17, 15) is 13.5 Å². The lowest BCUT2D eigenvalue weighted by atomic mass is 10.0. The zero-order valence-electron chi connectivity index (χ0n) is 12.5. The Bertz CT molecular complexity index is 405. The van der Waals surface area contributed by atoms with E-state index in [0.717, 1.165) is 38.5 Å². The fourth-order valence-corrected chi connectivity index (χ4v) is 4.93. The van der Waals surface area contributed by atoms with Crippen molar-refractivity contribution in [1.29, 1.82) is 0 Å². The molecule has 6 nitrogen and oxygen atoms in total. The molecule has 0 aromatic rings. The van der Waals surface area contributed by atoms with Crippen LogP contribution in [0.25, 0.3) is 0 Å². The summed E-state index contributed by atoms with van der Waals surface area (Å²) in [7, 11) is -3.56. The smallest absolute Gasteiger partial charge is 0.292 e. The SMILES string of the molecule is CC1CCCC(C)N1NS(=O)(=O)N1CCCCC1CO. The van der Waals surface area contributed by atoms with E-state index in [1.807, 2.05) is 5.01 Å². The van der Waals surface area contributed by atoms with Crippen molar-refractivity contribution in [3.05, 3.63) is 0 Å². The highest BCUT2D eigenvalue weighted by molar-refractivity contribution is 7.87. The molecule has 0 aromatic carbocycles. The summed E-state index contributed by atoms with van der Waals surface area (Å²) in [4.78, 5) is 2.75. The minimum absolute atomic E-state index is 0.105. The molecule has 0 spiro atoms. The van der Waals surface area contributed by atoms with Crippen molar-refractivity contribution < 1.29 is 13.5 Å². The quantitative estimate of drug-likeness (QED) is 0.807. The molecule has 2 rings (SSSR count). The van der Waals surface area contributed by atoms with E-state index in [-0.39, 0.29) is 24.7 Å². The van der Waals surface area contributed by atoms with Crippen LogP contribution in [0.4, 0.5) is 0 Å². The third-order valence-corrected chi connectivity index (χ3v) is 6.05. The van der Waals surface area contributed by atoms with Crippen molar-refractivity contribution >= 4 is 10.2 Å². The average molecular weight is 305 g/mol. The predicted octanol–water partition coefficient (Wildman–Crippen LogP) is 0.845. The zero-order chi connectivity index (χ0) is 14.8. The number of piperidine rings is 2. The molecule has 2 aliphatic rings. The molecule has 0 bridgehead atoms. The van der Waals surface area contributed by atoms with E-state index < -0.39 is 10.2 Å². The molecular weight excluding hydrogens is 278 g/mol. The van der Waals surface area contributed by atoms with Gasteiger partial charge in [-0.05, 0) is 39.5 Å². The first-order valence-corrected chi connectivity index (χ1v) is 9.08. The number of aliphatic hydroxyl groups excluding tert-OH is 1. The summed E-state index contributed by atoms with van der Waals surface area (Å²) in [6.45, 7) is 4.50. The number of aliphatic hydroxyl groups is 1. The number of hydrazine groups is 1. The Morgan fingerprint density at radius 2 is 1.75 bits per heavy atom. The summed E-state index contributed by atoms with van der Waals surface area (Å²) in [5.74, 6) is 0. The van der Waals surface area contributed by atoms with Crippen LogP contribution in [0.3, 0.4) is 0 Å². The van der Waals surface area contributed by atoms with Gasteiger partial charge in [0.1, 0.15) is 0 Å². The summed E-state index contributed by atoms with van der Waals surface area (Å²) < 4.78 is 26.6. The summed E-state index contributed by atoms with van der Waals surface area (Å²) in [5.41, 5.74) is 0. The normalized spacial score (nSPS) is 34.2. The van der Waals surface area contributed by atoms with Gasteiger partial charge < -0.3 is 5.11 Å². The first kappa shape index (κ1) is 16.2. The summed E-state index contributed by atoms with van der Waals surface area (Å²) in [5, 5.41) is 11.3. The Hall–Kier alpha value is -0.210. The molecule has 3 unspecified atom stereocenters. The van der Waals surface area contributed by atoms with Crippen LogP contribution in [0.5, 0.6) is 0 Å². The molecule has 0 aromatic heterocycles. The molecule has 20 heavy (non-hydrogen) atoms. The van der Waals surface area contributed by atoms with Crippen LogP contribution in [0.1, 0.15) is 52.4 Å². The van der Waals surface area contributed by atoms with Crippen LogP contribution in [0.2, 0.25) is 0 Å². The van der Waals surface area contributed by atoms with Gasteiger partial charge in [-0.3, -0.25) is 0 Å². The van der Waals surface area contributed by atoms with Crippen LogP contribution in [-0.2, 0) is 10.2 Å². The second kappa shape index (κ2) is 6.70. The summed E-state index contributed by atoms with van der Waals surface area (Å²) in [6, 6.07) is 0.147. The predicted molar refractivity (Wildman–Crippen MR) is 78.1 cm³/mol. The molecule has 2 N–H and O–H groups in total. The number of hydrogen-bond donors (Lipinski definition) is 2. The third-order valence-electron chi connectivity index (χ3n) is 4.51. The topological polar surface area (TPSA) is 72.9 Å². The van der Waals surface area contributed by atoms with Crippen molar-refractivity contribution in [2.75, 3.05) is 13.2 Å². The van der Waals surface area contributed by atoms with Crippen LogP contribution in [-0.4, -0.2) is 54.1 Å². The van der Waals surface area contributed by atoms with Gasteiger partial charge in [0.2, 0.25) is 0 Å². The van der Waals surface area contributed by atoms with Gasteiger partial charge in [-0.2, -0.15) is 12.7 Å². The molecule has 2 saturated heterocycles. The molecule has 0 aliphatic carbocycles. The van der Waals surface area contributed by atoms with Crippen molar-refractivity contribution in [3.8, 4) is 0 Å². The van der Waals surface area contributed by atoms with Gasteiger partial charge >= 0.3 is 0 Å². The highest BCUT2D eigenvalue weighted by Crippen LogP contribution is 2.23. The first-order valence-electron chi connectivity index (χ1n) is 7.64. The van der Waals surface area contributed by atoms with Gasteiger partial charge in [0.25, 0.3) is 10.2 Å². The number of rotatable bonds is 4. The minimum Gasteiger partial charge on any atom is -0.395 e. The number of nitrogens with one attached hydrogen (secondary N) is 1. The van der Waals surface area contributed by atoms with E-state index in [2.05, 4.69) is 18.7 Å². The Morgan fingerprint density at radius 1 is 1.10 bits per heavy atom. The Kier molecular flexibility index (Phi) is 5.42. The van der Waals surface area contributed by atoms with Gasteiger partial charge in [0, 0.05) is 24.7 Å². The van der Waals surface area contributed by atoms with Gasteiger partial charge in [-0.1, -0.05) is 12.8 Å². The monoisotopic (exact) mass is 305 g/mol. The summed E-state index contributed by atoms with van der Waals surface area (Å²) in [6.07, 6.45) is 5.74. The lowest BCUT2D eigenvalue weighted by Gasteiger charge is -2.41. The maximum absolute atomic E-state index is 12.6. The second-order valence-corrected chi connectivity index (χ2v) is 7.68. The molecular formula is C13H27N3O3S. The largest absolute Gasteiger partial charge is 0.395 e. The van der Waals surface area contributed by atoms with Crippen LogP contribution < -0.4 is 4.83 Å². The van der Waals surface area contributed by atoms with Crippen molar-refractivity contribution in [2.24, 2.45) is 0 Å². The highest BCUT2D eigenvalue weighted by Gasteiger charge is 2.35. The Labute approximate surface area is 122 Å². The Balaban J connectivity index is 2.09. The van der Waals surface area contributed by atoms with Crippen molar-refractivity contribution in [2.45, 2.75) is 70.5 Å². The number of hydrogen-bond acceptors (Lipinski definition) is 4. The highest BCUT2D eigenvalue weighted by atomic mass is 32.2. The molecule has 0 radical (unpaired) electrons. The van der Waals surface area contributed by atoms with Gasteiger partial charge in [0.15, 0.2) is 0 Å². The maximum Gasteiger partial charge on any atom is 0.292 e. The lowest BCUT2D eigenvalue weighted by molar-refractivity contribution is 0.0717. The van der Waals surface area contributed by atoms with Crippen molar-refractivity contribution in [1.82, 2.24) is 14.1 Å². The van der Waals surface area contributed by atoms with E-state index in [0.29, 0.717) is 6.54 Å². The van der Waals surface area contributed by atoms with E-state index in [1.165, 1.54) is 4.31 Å². The van der Waals surface area contributed by atoms with Crippen LogP contribution in [0, 0.1) is 0 Å². The van der Waals surface area contributed by atoms with Gasteiger partial charge in [0.05, 0.1) is 6.61 Å². The van der Waals surface area contributed by atoms with E-state index in [1.54, 1.807) is 0 Å². The third kappa shape index (κ3) is 3.51. The molecule has 2 heterocycles. The van der Waals surface area contributed by atoms with Gasteiger partial charge in [-0.15, -0.1) is 4.83 Å². The van der Waals surface area contributed by atoms with Crippen LogP contribution in [0.15, 0.2) is 0 Å². The molecule has 7 heteroatoms. The Morgan fingerprint density at radius 3 is 2.35 bits per heavy atom. The standard InChI is InChI=1S/C13H27N3O3S/c1-11-6-5-7-12(2)16(11)14-20(18,19)15-9-4-3-8-13(15)10-17/h11-14,17H,3-10H2,1-2H3. The second-order valence-electron chi connectivity index (χ2n) is 6.08. The van der Waals surface area contributed by atoms with E-state index >= 15 is 0 Å². The van der Waals surface area contributed by atoms with Crippen molar-refractivity contribution in [3.63, 3.8) is 0 Å². The van der Waals surface area contributed by atoms with Gasteiger partial charge in [-0.25, -0.2) is 5.01 Å². The minimum atomic E-state index is -3.56. The molecule has 0 amide bonds. The van der Waals surface area contributed by atoms with Crippen LogP contribution >= 0.6 is 0 Å². The molecule has 118 valence electrons. The maximum atomic E-state index is 12.6. The molecule has 2 aliphatic heterocycles. The summed E-state index contributed by atoms with van der Waals surface area (Å²) >= 11 is 0. The fraction of sp³-hybridized carbons (Fsp3) is 1.00. The first-order chi connectivity index (χ1) is 9.45. The molecule has 2 fully saturated rings. The fourth-order valence-electron chi connectivity index (χ4n) is 3.26. The zero-order valence-corrected chi connectivity index (χ0v) is 13.3. The average Bonchev–Trinajstić information content (AvgIpc) is 2.43. The number of nitrogens with zero attached hydrogens (tertiary/aromatic N) is 2. The lowest BCUT2D eigenvalue weighted by Crippen LogP contribution is -2.59.